The maximum absolute atomic E-state index is 12.6. The van der Waals surface area contributed by atoms with Gasteiger partial charge < -0.3 is 30.3 Å². The van der Waals surface area contributed by atoms with Gasteiger partial charge in [0.25, 0.3) is 0 Å². The van der Waals surface area contributed by atoms with Crippen LogP contribution in [0.15, 0.2) is 97.2 Å². The van der Waals surface area contributed by atoms with Gasteiger partial charge in [-0.2, -0.15) is 0 Å². The van der Waals surface area contributed by atoms with Crippen molar-refractivity contribution in [3.63, 3.8) is 0 Å². The molecule has 0 heterocycles. The van der Waals surface area contributed by atoms with Crippen LogP contribution in [-0.4, -0.2) is 71.1 Å². The third-order valence-corrected chi connectivity index (χ3v) is 9.38. The second kappa shape index (κ2) is 39.8. The predicted molar refractivity (Wildman–Crippen MR) is 236 cm³/mol. The van der Waals surface area contributed by atoms with E-state index in [4.69, 9.17) is 24.8 Å². The van der Waals surface area contributed by atoms with Crippen molar-refractivity contribution in [3.05, 3.63) is 97.2 Å². The van der Waals surface area contributed by atoms with Crippen LogP contribution in [0.3, 0.4) is 0 Å². The minimum atomic E-state index is -4.78. The Morgan fingerprint density at radius 3 is 1.75 bits per heavy atom. The lowest BCUT2D eigenvalue weighted by molar-refractivity contribution is -0.161. The molecule has 0 spiro atoms. The van der Waals surface area contributed by atoms with E-state index in [-0.39, 0.29) is 19.3 Å². The Hall–Kier alpha value is -3.64. The molecule has 59 heavy (non-hydrogen) atoms. The Balaban J connectivity index is 4.65. The standard InChI is InChI=1S/C46H74NO11P/c1-3-5-7-9-11-13-15-17-19-21-22-24-26-28-30-32-34-41(48)36-37-44(49)55-38-42(39-56-59(53,54)57-40-43(47)46(51)52)58-45(50)35-33-31-29-27-25-23-20-18-16-14-12-10-8-6-4-2/h5,7,11-14,17-20,22,24,28,30,32,34,41-43,48H,3-4,6,8-10,15-16,21,23,25-27,29,31,33,35-40,47H2,1-2H3,(H,51,52)(H,53,54)/b7-5-,13-11-,14-12-,19-17-,20-18-,24-22-,30-28-,34-32-/t41?,42-,43+/m1/s1. The van der Waals surface area contributed by atoms with E-state index in [1.807, 2.05) is 12.2 Å². The van der Waals surface area contributed by atoms with Crippen LogP contribution < -0.4 is 5.73 Å². The van der Waals surface area contributed by atoms with E-state index in [0.29, 0.717) is 6.42 Å². The molecular weight excluding hydrogens is 773 g/mol. The van der Waals surface area contributed by atoms with Crippen LogP contribution in [0.25, 0.3) is 0 Å². The molecule has 0 amide bonds. The number of carbonyl (C=O) groups excluding carboxylic acids is 2. The van der Waals surface area contributed by atoms with Crippen molar-refractivity contribution in [1.29, 1.82) is 0 Å². The number of carboxylic acid groups (broad SMARTS) is 1. The van der Waals surface area contributed by atoms with Crippen molar-refractivity contribution in [2.24, 2.45) is 5.73 Å². The van der Waals surface area contributed by atoms with Gasteiger partial charge in [-0.1, -0.05) is 143 Å². The van der Waals surface area contributed by atoms with E-state index in [9.17, 15) is 28.9 Å². The maximum atomic E-state index is 12.6. The number of rotatable bonds is 38. The van der Waals surface area contributed by atoms with Gasteiger partial charge in [0.05, 0.1) is 19.3 Å². The molecule has 0 saturated heterocycles. The molecule has 0 rings (SSSR count). The fourth-order valence-electron chi connectivity index (χ4n) is 5.03. The van der Waals surface area contributed by atoms with Gasteiger partial charge in [-0.25, -0.2) is 4.57 Å². The van der Waals surface area contributed by atoms with Crippen LogP contribution in [0.5, 0.6) is 0 Å². The summed E-state index contributed by atoms with van der Waals surface area (Å²) >= 11 is 0. The van der Waals surface area contributed by atoms with E-state index >= 15 is 0 Å². The highest BCUT2D eigenvalue weighted by molar-refractivity contribution is 7.47. The minimum absolute atomic E-state index is 0.0807. The van der Waals surface area contributed by atoms with Crippen molar-refractivity contribution in [2.75, 3.05) is 19.8 Å². The van der Waals surface area contributed by atoms with Gasteiger partial charge in [-0.3, -0.25) is 23.4 Å². The zero-order chi connectivity index (χ0) is 43.7. The summed E-state index contributed by atoms with van der Waals surface area (Å²) in [7, 11) is -4.78. The lowest BCUT2D eigenvalue weighted by Gasteiger charge is -2.20. The number of hydrogen-bond donors (Lipinski definition) is 4. The number of aliphatic carboxylic acids is 1. The number of aliphatic hydroxyl groups excluding tert-OH is 1. The number of unbranched alkanes of at least 4 members (excludes halogenated alkanes) is 8. The fourth-order valence-corrected chi connectivity index (χ4v) is 5.80. The zero-order valence-corrected chi connectivity index (χ0v) is 36.6. The molecule has 0 bridgehead atoms. The molecule has 5 N–H and O–H groups in total. The average molecular weight is 848 g/mol. The highest BCUT2D eigenvalue weighted by atomic mass is 31.2. The summed E-state index contributed by atoms with van der Waals surface area (Å²) in [6.07, 6.45) is 46.6. The van der Waals surface area contributed by atoms with Crippen LogP contribution in [-0.2, 0) is 37.5 Å². The highest BCUT2D eigenvalue weighted by Crippen LogP contribution is 2.43. The maximum Gasteiger partial charge on any atom is 0.472 e. The molecule has 0 aromatic carbocycles. The summed E-state index contributed by atoms with van der Waals surface area (Å²) in [5, 5.41) is 19.2. The van der Waals surface area contributed by atoms with Crippen LogP contribution in [0, 0.1) is 0 Å². The number of allylic oxidation sites excluding steroid dienone is 15. The van der Waals surface area contributed by atoms with Gasteiger partial charge in [-0.15, -0.1) is 0 Å². The van der Waals surface area contributed by atoms with Crippen LogP contribution >= 0.6 is 7.82 Å². The molecule has 0 aliphatic rings. The Morgan fingerprint density at radius 1 is 0.627 bits per heavy atom. The van der Waals surface area contributed by atoms with Crippen LogP contribution in [0.4, 0.5) is 0 Å². The second-order valence-electron chi connectivity index (χ2n) is 13.9. The van der Waals surface area contributed by atoms with Crippen molar-refractivity contribution in [3.8, 4) is 0 Å². The van der Waals surface area contributed by atoms with Crippen LogP contribution in [0.1, 0.15) is 136 Å². The van der Waals surface area contributed by atoms with Gasteiger partial charge in [0.15, 0.2) is 6.10 Å². The number of phosphoric ester groups is 1. The summed E-state index contributed by atoms with van der Waals surface area (Å²) in [6, 6.07) is -1.56. The number of phosphoric acid groups is 1. The number of carboxylic acids is 1. The van der Waals surface area contributed by atoms with E-state index < -0.39 is 63.8 Å². The number of hydrogen-bond acceptors (Lipinski definition) is 10. The predicted octanol–water partition coefficient (Wildman–Crippen LogP) is 10.2. The lowest BCUT2D eigenvalue weighted by atomic mass is 10.1. The smallest absolute Gasteiger partial charge is 0.472 e. The quantitative estimate of drug-likeness (QED) is 0.0151. The highest BCUT2D eigenvalue weighted by Gasteiger charge is 2.28. The zero-order valence-electron chi connectivity index (χ0n) is 35.7. The SMILES string of the molecule is CC/C=C\C/C=C\C/C=C\C/C=C\C/C=C\C=C/C(O)CCC(=O)OC[C@H](COP(=O)(O)OC[C@H](N)C(=O)O)OC(=O)CCCCCCC/C=C\C/C=C\CCCCC. The fraction of sp³-hybridized carbons (Fsp3) is 0.587. The first-order valence-electron chi connectivity index (χ1n) is 21.4. The molecule has 334 valence electrons. The van der Waals surface area contributed by atoms with Gasteiger partial charge in [0.2, 0.25) is 0 Å². The molecule has 4 atom stereocenters. The van der Waals surface area contributed by atoms with E-state index in [2.05, 4.69) is 91.3 Å². The van der Waals surface area contributed by atoms with Gasteiger partial charge in [0.1, 0.15) is 12.6 Å². The molecule has 2 unspecified atom stereocenters. The Bertz CT molecular complexity index is 1380. The normalized spacial score (nSPS) is 15.2. The molecule has 0 aromatic rings. The number of carbonyl (C=O) groups is 3. The minimum Gasteiger partial charge on any atom is -0.480 e. The molecular formula is C46H74NO11P. The van der Waals surface area contributed by atoms with Gasteiger partial charge in [-0.05, 0) is 77.0 Å². The second-order valence-corrected chi connectivity index (χ2v) is 15.4. The molecule has 0 fully saturated rings. The summed E-state index contributed by atoms with van der Waals surface area (Å²) in [5.41, 5.74) is 5.32. The molecule has 0 radical (unpaired) electrons. The number of nitrogens with two attached hydrogens (primary N) is 1. The van der Waals surface area contributed by atoms with Gasteiger partial charge >= 0.3 is 25.7 Å². The molecule has 0 aromatic heterocycles. The third-order valence-electron chi connectivity index (χ3n) is 8.43. The summed E-state index contributed by atoms with van der Waals surface area (Å²) in [6.45, 7) is 2.37. The van der Waals surface area contributed by atoms with Crippen molar-refractivity contribution < 1.29 is 52.6 Å². The number of ether oxygens (including phenoxy) is 2. The molecule has 0 aliphatic heterocycles. The molecule has 12 nitrogen and oxygen atoms in total. The Labute approximate surface area is 354 Å². The van der Waals surface area contributed by atoms with Crippen molar-refractivity contribution in [1.82, 2.24) is 0 Å². The Morgan fingerprint density at radius 2 is 1.15 bits per heavy atom. The van der Waals surface area contributed by atoms with E-state index in [1.54, 1.807) is 12.2 Å². The van der Waals surface area contributed by atoms with Crippen LogP contribution in [0.2, 0.25) is 0 Å². The Kier molecular flexibility index (Phi) is 37.3. The van der Waals surface area contributed by atoms with Crippen molar-refractivity contribution >= 4 is 25.7 Å². The number of aliphatic hydroxyl groups is 1. The first-order valence-corrected chi connectivity index (χ1v) is 22.9. The summed E-state index contributed by atoms with van der Waals surface area (Å²) < 4.78 is 32.5. The molecule has 13 heteroatoms. The third kappa shape index (κ3) is 39.6. The largest absolute Gasteiger partial charge is 0.480 e. The first kappa shape index (κ1) is 55.4. The summed E-state index contributed by atoms with van der Waals surface area (Å²) in [5.74, 6) is -2.72. The summed E-state index contributed by atoms with van der Waals surface area (Å²) in [4.78, 5) is 46.0. The topological polar surface area (TPSA) is 192 Å². The number of esters is 2. The molecule has 0 aliphatic carbocycles. The molecule has 0 saturated carbocycles. The van der Waals surface area contributed by atoms with Crippen molar-refractivity contribution in [2.45, 2.75) is 154 Å². The first-order chi connectivity index (χ1) is 28.5. The lowest BCUT2D eigenvalue weighted by Crippen LogP contribution is -2.34. The van der Waals surface area contributed by atoms with Gasteiger partial charge in [0, 0.05) is 12.8 Å². The van der Waals surface area contributed by atoms with E-state index in [0.717, 1.165) is 77.0 Å². The monoisotopic (exact) mass is 847 g/mol. The average Bonchev–Trinajstić information content (AvgIpc) is 3.21. The van der Waals surface area contributed by atoms with E-state index in [1.165, 1.54) is 19.3 Å².